The lowest BCUT2D eigenvalue weighted by Crippen LogP contribution is -2.52. The molecule has 1 fully saturated rings. The van der Waals surface area contributed by atoms with Gasteiger partial charge in [-0.25, -0.2) is 0 Å². The summed E-state index contributed by atoms with van der Waals surface area (Å²) in [6.07, 6.45) is -0.523. The number of nitrogens with one attached hydrogen (secondary N) is 1. The van der Waals surface area contributed by atoms with Gasteiger partial charge in [-0.3, -0.25) is 4.79 Å². The molecule has 0 aromatic heterocycles. The molecule has 0 saturated carbocycles. The standard InChI is InChI=1S/C19H20F3NO2S.C2H4O2/c20-19(21,22)26-16-9-5-4-6-14(16)12-18(24,15-7-2-1-3-8-15)17-13-23-10-11-25-17;1-2(3)4/h1-9,17,23-24H,10-13H2;1H3,(H,3,4)/t17-,18+;/m1./s1. The van der Waals surface area contributed by atoms with Gasteiger partial charge in [-0.1, -0.05) is 48.5 Å². The van der Waals surface area contributed by atoms with Crippen LogP contribution in [0.4, 0.5) is 13.2 Å². The van der Waals surface area contributed by atoms with Crippen LogP contribution in [0.15, 0.2) is 59.5 Å². The predicted octanol–water partition coefficient (Wildman–Crippen LogP) is 3.81. The molecule has 0 aliphatic carbocycles. The van der Waals surface area contributed by atoms with Crippen LogP contribution in [0.2, 0.25) is 0 Å². The van der Waals surface area contributed by atoms with E-state index in [0.717, 1.165) is 6.92 Å². The number of thioether (sulfide) groups is 1. The molecule has 0 spiro atoms. The number of morpholine rings is 1. The molecule has 0 amide bonds. The summed E-state index contributed by atoms with van der Waals surface area (Å²) in [5.41, 5.74) is -4.75. The fourth-order valence-corrected chi connectivity index (χ4v) is 3.83. The number of ether oxygens (including phenoxy) is 1. The van der Waals surface area contributed by atoms with Gasteiger partial charge < -0.3 is 20.3 Å². The van der Waals surface area contributed by atoms with E-state index in [4.69, 9.17) is 14.6 Å². The number of carboxylic acids is 1. The van der Waals surface area contributed by atoms with Gasteiger partial charge in [0.1, 0.15) is 11.7 Å². The van der Waals surface area contributed by atoms with Crippen LogP contribution in [0.5, 0.6) is 0 Å². The van der Waals surface area contributed by atoms with E-state index >= 15 is 0 Å². The molecule has 0 radical (unpaired) electrons. The highest BCUT2D eigenvalue weighted by atomic mass is 32.2. The van der Waals surface area contributed by atoms with Gasteiger partial charge >= 0.3 is 5.51 Å². The molecular weight excluding hydrogens is 419 g/mol. The molecule has 1 aliphatic rings. The Kier molecular flexibility index (Phi) is 8.72. The van der Waals surface area contributed by atoms with Crippen molar-refractivity contribution in [2.45, 2.75) is 35.5 Å². The summed E-state index contributed by atoms with van der Waals surface area (Å²) in [6.45, 7) is 2.64. The summed E-state index contributed by atoms with van der Waals surface area (Å²) in [7, 11) is 0. The molecule has 1 saturated heterocycles. The average Bonchev–Trinajstić information content (AvgIpc) is 2.69. The van der Waals surface area contributed by atoms with Crippen LogP contribution in [0.1, 0.15) is 18.1 Å². The van der Waals surface area contributed by atoms with E-state index in [1.807, 2.05) is 6.07 Å². The highest BCUT2D eigenvalue weighted by Crippen LogP contribution is 2.41. The van der Waals surface area contributed by atoms with Crippen LogP contribution in [0.25, 0.3) is 0 Å². The Labute approximate surface area is 177 Å². The van der Waals surface area contributed by atoms with Gasteiger partial charge in [0.2, 0.25) is 0 Å². The zero-order valence-corrected chi connectivity index (χ0v) is 17.2. The lowest BCUT2D eigenvalue weighted by atomic mass is 9.82. The molecule has 0 bridgehead atoms. The molecule has 2 atom stereocenters. The maximum Gasteiger partial charge on any atom is 0.446 e. The first kappa shape index (κ1) is 24.2. The first-order chi connectivity index (χ1) is 14.1. The van der Waals surface area contributed by atoms with Gasteiger partial charge in [-0.05, 0) is 29.0 Å². The smallest absolute Gasteiger partial charge is 0.446 e. The van der Waals surface area contributed by atoms with Gasteiger partial charge in [0, 0.05) is 31.3 Å². The zero-order valence-electron chi connectivity index (χ0n) is 16.4. The second kappa shape index (κ2) is 10.8. The van der Waals surface area contributed by atoms with E-state index in [1.165, 1.54) is 6.07 Å². The van der Waals surface area contributed by atoms with E-state index in [0.29, 0.717) is 30.8 Å². The number of alkyl halides is 3. The number of halogens is 3. The predicted molar refractivity (Wildman–Crippen MR) is 108 cm³/mol. The van der Waals surface area contributed by atoms with Gasteiger partial charge in [0.15, 0.2) is 0 Å². The van der Waals surface area contributed by atoms with Crippen molar-refractivity contribution >= 4 is 17.7 Å². The third kappa shape index (κ3) is 7.32. The fraction of sp³-hybridized carbons (Fsp3) is 0.381. The maximum absolute atomic E-state index is 12.9. The normalized spacial score (nSPS) is 18.6. The van der Waals surface area contributed by atoms with E-state index < -0.39 is 23.2 Å². The van der Waals surface area contributed by atoms with E-state index in [9.17, 15) is 18.3 Å². The first-order valence-electron chi connectivity index (χ1n) is 9.25. The molecule has 3 N–H and O–H groups in total. The molecule has 164 valence electrons. The summed E-state index contributed by atoms with van der Waals surface area (Å²) in [5, 5.41) is 22.1. The number of aliphatic hydroxyl groups is 1. The summed E-state index contributed by atoms with van der Waals surface area (Å²) in [4.78, 5) is 9.10. The van der Waals surface area contributed by atoms with Crippen LogP contribution >= 0.6 is 11.8 Å². The summed E-state index contributed by atoms with van der Waals surface area (Å²) in [5.74, 6) is -0.833. The summed E-state index contributed by atoms with van der Waals surface area (Å²) < 4.78 is 44.5. The number of aliphatic carboxylic acids is 1. The van der Waals surface area contributed by atoms with Crippen molar-refractivity contribution in [1.82, 2.24) is 5.32 Å². The van der Waals surface area contributed by atoms with Crippen molar-refractivity contribution in [3.8, 4) is 0 Å². The Morgan fingerprint density at radius 2 is 1.77 bits per heavy atom. The Balaban J connectivity index is 0.000000735. The second-order valence-electron chi connectivity index (χ2n) is 6.71. The van der Waals surface area contributed by atoms with Gasteiger partial charge in [0.05, 0.1) is 6.61 Å². The van der Waals surface area contributed by atoms with Crippen molar-refractivity contribution in [2.75, 3.05) is 19.7 Å². The first-order valence-corrected chi connectivity index (χ1v) is 10.1. The molecule has 2 aromatic carbocycles. The Hall–Kier alpha value is -2.07. The Bertz CT molecular complexity index is 809. The third-order valence-electron chi connectivity index (χ3n) is 4.39. The van der Waals surface area contributed by atoms with Gasteiger partial charge in [0.25, 0.3) is 5.97 Å². The molecule has 3 rings (SSSR count). The number of benzene rings is 2. The SMILES string of the molecule is CC(=O)O.O[C@@](Cc1ccccc1SC(F)(F)F)(c1ccccc1)[C@H]1CNCCO1. The van der Waals surface area contributed by atoms with Crippen molar-refractivity contribution in [1.29, 1.82) is 0 Å². The van der Waals surface area contributed by atoms with E-state index in [1.54, 1.807) is 42.5 Å². The largest absolute Gasteiger partial charge is 0.481 e. The molecular formula is C21H24F3NO4S. The highest BCUT2D eigenvalue weighted by molar-refractivity contribution is 8.00. The lowest BCUT2D eigenvalue weighted by molar-refractivity contribution is -0.134. The molecule has 1 heterocycles. The number of hydrogen-bond donors (Lipinski definition) is 3. The van der Waals surface area contributed by atoms with Crippen molar-refractivity contribution in [3.05, 3.63) is 65.7 Å². The number of carbonyl (C=O) groups is 1. The van der Waals surface area contributed by atoms with Gasteiger partial charge in [-0.15, -0.1) is 0 Å². The highest BCUT2D eigenvalue weighted by Gasteiger charge is 2.41. The van der Waals surface area contributed by atoms with Crippen LogP contribution in [-0.2, 0) is 21.6 Å². The summed E-state index contributed by atoms with van der Waals surface area (Å²) >= 11 is -0.158. The van der Waals surface area contributed by atoms with Crippen molar-refractivity contribution in [2.24, 2.45) is 0 Å². The van der Waals surface area contributed by atoms with E-state index in [-0.39, 0.29) is 23.1 Å². The van der Waals surface area contributed by atoms with Gasteiger partial charge in [-0.2, -0.15) is 13.2 Å². The number of carboxylic acid groups (broad SMARTS) is 1. The minimum Gasteiger partial charge on any atom is -0.481 e. The second-order valence-corrected chi connectivity index (χ2v) is 7.81. The van der Waals surface area contributed by atoms with Crippen LogP contribution < -0.4 is 5.32 Å². The number of rotatable bonds is 5. The molecule has 1 aliphatic heterocycles. The fourth-order valence-electron chi connectivity index (χ4n) is 3.17. The maximum atomic E-state index is 12.9. The quantitative estimate of drug-likeness (QED) is 0.610. The topological polar surface area (TPSA) is 78.8 Å². The van der Waals surface area contributed by atoms with Crippen LogP contribution in [-0.4, -0.2) is 47.5 Å². The monoisotopic (exact) mass is 443 g/mol. The van der Waals surface area contributed by atoms with Crippen molar-refractivity contribution in [3.63, 3.8) is 0 Å². The summed E-state index contributed by atoms with van der Waals surface area (Å²) in [6, 6.07) is 15.3. The minimum atomic E-state index is -4.39. The molecule has 0 unspecified atom stereocenters. The number of hydrogen-bond acceptors (Lipinski definition) is 5. The Morgan fingerprint density at radius 3 is 2.33 bits per heavy atom. The van der Waals surface area contributed by atoms with E-state index in [2.05, 4.69) is 5.32 Å². The molecule has 9 heteroatoms. The lowest BCUT2D eigenvalue weighted by Gasteiger charge is -2.39. The van der Waals surface area contributed by atoms with Crippen LogP contribution in [0.3, 0.4) is 0 Å². The molecule has 5 nitrogen and oxygen atoms in total. The van der Waals surface area contributed by atoms with Crippen LogP contribution in [0, 0.1) is 0 Å². The minimum absolute atomic E-state index is 0.0304. The van der Waals surface area contributed by atoms with Crippen molar-refractivity contribution < 1.29 is 32.9 Å². The average molecular weight is 443 g/mol. The zero-order chi connectivity index (χ0) is 22.2. The molecule has 30 heavy (non-hydrogen) atoms. The molecule has 2 aromatic rings. The third-order valence-corrected chi connectivity index (χ3v) is 5.24. The Morgan fingerprint density at radius 1 is 1.17 bits per heavy atom.